The molecule has 1 aromatic heterocycles. The van der Waals surface area contributed by atoms with Gasteiger partial charge in [-0.25, -0.2) is 13.2 Å². The third kappa shape index (κ3) is 3.35. The van der Waals surface area contributed by atoms with E-state index in [9.17, 15) is 13.2 Å². The van der Waals surface area contributed by atoms with E-state index in [4.69, 9.17) is 0 Å². The quantitative estimate of drug-likeness (QED) is 0.872. The van der Waals surface area contributed by atoms with Crippen molar-refractivity contribution in [3.8, 4) is 0 Å². The van der Waals surface area contributed by atoms with Crippen molar-refractivity contribution in [2.75, 3.05) is 6.67 Å². The van der Waals surface area contributed by atoms with Crippen LogP contribution in [-0.2, 0) is 19.6 Å². The van der Waals surface area contributed by atoms with Crippen molar-refractivity contribution >= 4 is 0 Å². The highest BCUT2D eigenvalue weighted by molar-refractivity contribution is 5.18. The van der Waals surface area contributed by atoms with Crippen LogP contribution in [-0.4, -0.2) is 16.5 Å². The van der Waals surface area contributed by atoms with Crippen LogP contribution >= 0.6 is 0 Å². The van der Waals surface area contributed by atoms with Crippen LogP contribution in [0.1, 0.15) is 11.3 Å². The Hall–Kier alpha value is -1.82. The molecule has 1 N–H and O–H groups in total. The number of rotatable bonds is 6. The van der Waals surface area contributed by atoms with Crippen LogP contribution in [0.3, 0.4) is 0 Å². The number of nitrogens with one attached hydrogen (secondary N) is 1. The Balaban J connectivity index is 1.93. The normalized spacial score (nSPS) is 10.9. The fourth-order valence-electron chi connectivity index (χ4n) is 1.80. The first kappa shape index (κ1) is 13.6. The number of aryl methyl sites for hydroxylation is 1. The molecule has 19 heavy (non-hydrogen) atoms. The van der Waals surface area contributed by atoms with Gasteiger partial charge in [0.1, 0.15) is 6.67 Å². The first-order valence-electron chi connectivity index (χ1n) is 5.92. The van der Waals surface area contributed by atoms with Crippen LogP contribution in [0, 0.1) is 11.6 Å². The maximum absolute atomic E-state index is 13.4. The average Bonchev–Trinajstić information content (AvgIpc) is 2.83. The lowest BCUT2D eigenvalue weighted by atomic mass is 10.2. The van der Waals surface area contributed by atoms with E-state index in [2.05, 4.69) is 10.4 Å². The van der Waals surface area contributed by atoms with Crippen LogP contribution in [0.4, 0.5) is 13.2 Å². The van der Waals surface area contributed by atoms with Gasteiger partial charge < -0.3 is 5.32 Å². The fraction of sp³-hybridized carbons (Fsp3) is 0.308. The largest absolute Gasteiger partial charge is 0.307 e. The van der Waals surface area contributed by atoms with Gasteiger partial charge in [0.05, 0.1) is 12.2 Å². The van der Waals surface area contributed by atoms with E-state index >= 15 is 0 Å². The molecule has 0 unspecified atom stereocenters. The second kappa shape index (κ2) is 6.38. The van der Waals surface area contributed by atoms with Gasteiger partial charge in [0, 0.05) is 24.8 Å². The first-order valence-corrected chi connectivity index (χ1v) is 5.92. The average molecular weight is 269 g/mol. The van der Waals surface area contributed by atoms with Crippen LogP contribution in [0.5, 0.6) is 0 Å². The number of hydrogen-bond acceptors (Lipinski definition) is 2. The zero-order valence-electron chi connectivity index (χ0n) is 10.2. The minimum Gasteiger partial charge on any atom is -0.307 e. The Labute approximate surface area is 109 Å². The number of alkyl halides is 1. The second-order valence-corrected chi connectivity index (χ2v) is 4.05. The zero-order valence-corrected chi connectivity index (χ0v) is 10.2. The van der Waals surface area contributed by atoms with E-state index in [1.807, 2.05) is 0 Å². The van der Waals surface area contributed by atoms with E-state index in [1.165, 1.54) is 16.8 Å². The summed E-state index contributed by atoms with van der Waals surface area (Å²) in [6.07, 6.45) is 1.58. The summed E-state index contributed by atoms with van der Waals surface area (Å²) in [6.45, 7) is 0.311. The number of hydrogen-bond donors (Lipinski definition) is 1. The Morgan fingerprint density at radius 2 is 2.00 bits per heavy atom. The molecule has 6 heteroatoms. The summed E-state index contributed by atoms with van der Waals surface area (Å²) in [5.41, 5.74) is 1.06. The van der Waals surface area contributed by atoms with Gasteiger partial charge in [0.25, 0.3) is 0 Å². The number of halogens is 3. The predicted octanol–water partition coefficient (Wildman–Crippen LogP) is 2.42. The van der Waals surface area contributed by atoms with Crippen LogP contribution in [0.15, 0.2) is 30.5 Å². The Morgan fingerprint density at radius 1 is 1.16 bits per heavy atom. The summed E-state index contributed by atoms with van der Waals surface area (Å²) in [5, 5.41) is 6.95. The molecule has 2 rings (SSSR count). The highest BCUT2D eigenvalue weighted by Crippen LogP contribution is 2.11. The molecular weight excluding hydrogens is 255 g/mol. The minimum absolute atomic E-state index is 0.193. The molecule has 0 saturated heterocycles. The Bertz CT molecular complexity index is 540. The predicted molar refractivity (Wildman–Crippen MR) is 65.1 cm³/mol. The molecule has 2 aromatic rings. The standard InChI is InChI=1S/C13H14F3N3/c14-5-7-19-11(4-6-18-19)9-17-8-10-2-1-3-12(15)13(10)16/h1-4,6,17H,5,7-9H2. The van der Waals surface area contributed by atoms with E-state index < -0.39 is 18.3 Å². The molecule has 0 aliphatic rings. The number of nitrogens with zero attached hydrogens (tertiary/aromatic N) is 2. The third-order valence-electron chi connectivity index (χ3n) is 2.75. The monoisotopic (exact) mass is 269 g/mol. The van der Waals surface area contributed by atoms with Gasteiger partial charge in [-0.1, -0.05) is 12.1 Å². The molecule has 1 heterocycles. The van der Waals surface area contributed by atoms with Crippen molar-refractivity contribution in [1.82, 2.24) is 15.1 Å². The number of benzene rings is 1. The molecule has 0 aliphatic carbocycles. The first-order chi connectivity index (χ1) is 9.22. The fourth-order valence-corrected chi connectivity index (χ4v) is 1.80. The van der Waals surface area contributed by atoms with E-state index in [0.717, 1.165) is 11.8 Å². The van der Waals surface area contributed by atoms with E-state index in [0.29, 0.717) is 6.54 Å². The summed E-state index contributed by atoms with van der Waals surface area (Å²) < 4.78 is 40.2. The maximum atomic E-state index is 13.4. The lowest BCUT2D eigenvalue weighted by Gasteiger charge is -2.08. The lowest BCUT2D eigenvalue weighted by molar-refractivity contribution is 0.416. The van der Waals surface area contributed by atoms with Gasteiger partial charge in [0.2, 0.25) is 0 Å². The molecular formula is C13H14F3N3. The molecule has 3 nitrogen and oxygen atoms in total. The van der Waals surface area contributed by atoms with Crippen molar-refractivity contribution in [3.63, 3.8) is 0 Å². The van der Waals surface area contributed by atoms with Crippen molar-refractivity contribution in [3.05, 3.63) is 53.4 Å². The highest BCUT2D eigenvalue weighted by Gasteiger charge is 2.07. The molecule has 0 atom stereocenters. The smallest absolute Gasteiger partial charge is 0.163 e. The third-order valence-corrected chi connectivity index (χ3v) is 2.75. The van der Waals surface area contributed by atoms with Gasteiger partial charge in [-0.15, -0.1) is 0 Å². The van der Waals surface area contributed by atoms with Gasteiger partial charge in [-0.3, -0.25) is 4.68 Å². The van der Waals surface area contributed by atoms with Gasteiger partial charge >= 0.3 is 0 Å². The van der Waals surface area contributed by atoms with Crippen LogP contribution in [0.2, 0.25) is 0 Å². The maximum Gasteiger partial charge on any atom is 0.163 e. The Kier molecular flexibility index (Phi) is 4.57. The molecule has 102 valence electrons. The summed E-state index contributed by atoms with van der Waals surface area (Å²) in [7, 11) is 0. The highest BCUT2D eigenvalue weighted by atomic mass is 19.2. The number of aromatic nitrogens is 2. The topological polar surface area (TPSA) is 29.9 Å². The molecule has 0 aliphatic heterocycles. The molecule has 0 bridgehead atoms. The van der Waals surface area contributed by atoms with E-state index in [-0.39, 0.29) is 18.7 Å². The summed E-state index contributed by atoms with van der Waals surface area (Å²) in [4.78, 5) is 0. The summed E-state index contributed by atoms with van der Waals surface area (Å²) in [6, 6.07) is 5.81. The van der Waals surface area contributed by atoms with Crippen LogP contribution < -0.4 is 5.32 Å². The van der Waals surface area contributed by atoms with E-state index in [1.54, 1.807) is 12.3 Å². The second-order valence-electron chi connectivity index (χ2n) is 4.05. The van der Waals surface area contributed by atoms with Crippen LogP contribution in [0.25, 0.3) is 0 Å². The Morgan fingerprint density at radius 3 is 2.79 bits per heavy atom. The molecule has 0 amide bonds. The van der Waals surface area contributed by atoms with Gasteiger partial charge in [-0.05, 0) is 12.1 Å². The molecule has 0 spiro atoms. The molecule has 0 saturated carbocycles. The zero-order chi connectivity index (χ0) is 13.7. The molecule has 0 fully saturated rings. The van der Waals surface area contributed by atoms with Gasteiger partial charge in [-0.2, -0.15) is 5.10 Å². The van der Waals surface area contributed by atoms with Crippen molar-refractivity contribution in [2.24, 2.45) is 0 Å². The van der Waals surface area contributed by atoms with Gasteiger partial charge in [0.15, 0.2) is 11.6 Å². The molecule has 1 aromatic carbocycles. The molecule has 0 radical (unpaired) electrons. The minimum atomic E-state index is -0.859. The lowest BCUT2D eigenvalue weighted by Crippen LogP contribution is -2.18. The van der Waals surface area contributed by atoms with Crippen molar-refractivity contribution in [2.45, 2.75) is 19.6 Å². The SMILES string of the molecule is FCCn1nccc1CNCc1cccc(F)c1F. The summed E-state index contributed by atoms with van der Waals surface area (Å²) in [5.74, 6) is -1.70. The van der Waals surface area contributed by atoms with Crippen molar-refractivity contribution < 1.29 is 13.2 Å². The van der Waals surface area contributed by atoms with Crippen molar-refractivity contribution in [1.29, 1.82) is 0 Å². The summed E-state index contributed by atoms with van der Waals surface area (Å²) >= 11 is 0.